The third-order valence-corrected chi connectivity index (χ3v) is 3.35. The van der Waals surface area contributed by atoms with Crippen molar-refractivity contribution in [2.75, 3.05) is 13.6 Å². The van der Waals surface area contributed by atoms with Gasteiger partial charge in [-0.1, -0.05) is 6.08 Å². The highest BCUT2D eigenvalue weighted by Gasteiger charge is 2.11. The van der Waals surface area contributed by atoms with E-state index in [1.165, 1.54) is 0 Å². The fourth-order valence-corrected chi connectivity index (χ4v) is 2.24. The van der Waals surface area contributed by atoms with Crippen molar-refractivity contribution >= 4 is 39.8 Å². The van der Waals surface area contributed by atoms with Gasteiger partial charge in [-0.3, -0.25) is 4.79 Å². The first-order valence-electron chi connectivity index (χ1n) is 3.75. The van der Waals surface area contributed by atoms with Crippen molar-refractivity contribution in [3.05, 3.63) is 32.5 Å². The summed E-state index contributed by atoms with van der Waals surface area (Å²) in [5, 5.41) is 1.88. The van der Waals surface area contributed by atoms with Crippen LogP contribution >= 0.6 is 33.9 Å². The summed E-state index contributed by atoms with van der Waals surface area (Å²) in [6.45, 7) is 4.18. The fraction of sp³-hybridized carbons (Fsp3) is 0.222. The minimum Gasteiger partial charge on any atom is -0.338 e. The largest absolute Gasteiger partial charge is 0.338 e. The molecule has 4 heteroatoms. The minimum absolute atomic E-state index is 0.0547. The lowest BCUT2D eigenvalue weighted by Crippen LogP contribution is -2.26. The zero-order valence-corrected chi connectivity index (χ0v) is 10.3. The summed E-state index contributed by atoms with van der Waals surface area (Å²) in [6, 6.07) is 1.90. The molecule has 0 N–H and O–H groups in total. The van der Waals surface area contributed by atoms with Crippen molar-refractivity contribution in [2.45, 2.75) is 0 Å². The molecule has 0 aliphatic rings. The maximum atomic E-state index is 11.6. The molecule has 1 amide bonds. The van der Waals surface area contributed by atoms with Gasteiger partial charge in [0.15, 0.2) is 0 Å². The molecule has 0 aliphatic heterocycles. The molecule has 1 aromatic heterocycles. The van der Waals surface area contributed by atoms with Crippen molar-refractivity contribution < 1.29 is 4.79 Å². The third-order valence-electron chi connectivity index (χ3n) is 1.56. The van der Waals surface area contributed by atoms with Crippen LogP contribution in [0.4, 0.5) is 0 Å². The highest BCUT2D eigenvalue weighted by Crippen LogP contribution is 2.17. The Morgan fingerprint density at radius 2 is 2.54 bits per heavy atom. The van der Waals surface area contributed by atoms with E-state index in [2.05, 4.69) is 29.2 Å². The van der Waals surface area contributed by atoms with Gasteiger partial charge in [0.1, 0.15) is 0 Å². The van der Waals surface area contributed by atoms with Crippen LogP contribution in [-0.4, -0.2) is 24.4 Å². The van der Waals surface area contributed by atoms with E-state index in [0.717, 1.165) is 8.45 Å². The number of carbonyl (C=O) groups is 1. The molecule has 1 heterocycles. The van der Waals surface area contributed by atoms with Crippen molar-refractivity contribution in [2.24, 2.45) is 0 Å². The zero-order valence-electron chi connectivity index (χ0n) is 7.29. The molecule has 0 saturated carbocycles. The molecular formula is C9H10INOS. The highest BCUT2D eigenvalue weighted by molar-refractivity contribution is 14.1. The molecule has 0 bridgehead atoms. The molecule has 2 nitrogen and oxygen atoms in total. The number of halogens is 1. The van der Waals surface area contributed by atoms with Crippen LogP contribution in [-0.2, 0) is 0 Å². The van der Waals surface area contributed by atoms with E-state index in [9.17, 15) is 4.79 Å². The van der Waals surface area contributed by atoms with Crippen molar-refractivity contribution in [3.63, 3.8) is 0 Å². The second-order valence-corrected chi connectivity index (χ2v) is 5.42. The standard InChI is InChI=1S/C9H10INOS/c1-3-4-11(2)9(12)7-5-8(10)13-6-7/h3,5-6H,1,4H2,2H3. The molecule has 1 rings (SSSR count). The Labute approximate surface area is 95.4 Å². The van der Waals surface area contributed by atoms with Crippen LogP contribution in [0.2, 0.25) is 0 Å². The Hall–Kier alpha value is -0.360. The SMILES string of the molecule is C=CCN(C)C(=O)c1csc(I)c1. The first-order valence-corrected chi connectivity index (χ1v) is 5.71. The van der Waals surface area contributed by atoms with Crippen LogP contribution in [0.15, 0.2) is 24.1 Å². The number of hydrogen-bond acceptors (Lipinski definition) is 2. The van der Waals surface area contributed by atoms with Gasteiger partial charge in [0, 0.05) is 19.0 Å². The van der Waals surface area contributed by atoms with Crippen molar-refractivity contribution in [1.29, 1.82) is 0 Å². The molecule has 0 fully saturated rings. The topological polar surface area (TPSA) is 20.3 Å². The maximum absolute atomic E-state index is 11.6. The number of carbonyl (C=O) groups excluding carboxylic acids is 1. The number of rotatable bonds is 3. The molecule has 0 aromatic carbocycles. The Morgan fingerprint density at radius 3 is 3.00 bits per heavy atom. The first kappa shape index (κ1) is 10.7. The number of amides is 1. The molecule has 0 radical (unpaired) electrons. The summed E-state index contributed by atoms with van der Waals surface area (Å²) in [4.78, 5) is 13.3. The van der Waals surface area contributed by atoms with Gasteiger partial charge < -0.3 is 4.90 Å². The quantitative estimate of drug-likeness (QED) is 0.621. The molecule has 0 unspecified atom stereocenters. The summed E-state index contributed by atoms with van der Waals surface area (Å²) in [7, 11) is 1.77. The normalized spacial score (nSPS) is 9.69. The van der Waals surface area contributed by atoms with Gasteiger partial charge in [0.05, 0.1) is 8.45 Å². The molecule has 0 atom stereocenters. The van der Waals surface area contributed by atoms with Crippen molar-refractivity contribution in [1.82, 2.24) is 4.90 Å². The van der Waals surface area contributed by atoms with E-state index < -0.39 is 0 Å². The van der Waals surface area contributed by atoms with Gasteiger partial charge in [-0.25, -0.2) is 0 Å². The average Bonchev–Trinajstić information content (AvgIpc) is 2.51. The van der Waals surface area contributed by atoms with Crippen molar-refractivity contribution in [3.8, 4) is 0 Å². The van der Waals surface area contributed by atoms with Crippen LogP contribution < -0.4 is 0 Å². The number of likely N-dealkylation sites (N-methyl/N-ethyl adjacent to an activating group) is 1. The van der Waals surface area contributed by atoms with Gasteiger partial charge in [-0.2, -0.15) is 0 Å². The zero-order chi connectivity index (χ0) is 9.84. The van der Waals surface area contributed by atoms with Gasteiger partial charge in [-0.15, -0.1) is 17.9 Å². The van der Waals surface area contributed by atoms with Crippen LogP contribution in [0, 0.1) is 2.88 Å². The molecule has 0 spiro atoms. The first-order chi connectivity index (χ1) is 6.15. The lowest BCUT2D eigenvalue weighted by atomic mass is 10.3. The fourth-order valence-electron chi connectivity index (χ4n) is 0.919. The molecule has 1 aromatic rings. The minimum atomic E-state index is 0.0547. The smallest absolute Gasteiger partial charge is 0.254 e. The lowest BCUT2D eigenvalue weighted by molar-refractivity contribution is 0.0811. The van der Waals surface area contributed by atoms with Crippen LogP contribution in [0.1, 0.15) is 10.4 Å². The van der Waals surface area contributed by atoms with Crippen LogP contribution in [0.3, 0.4) is 0 Å². The number of hydrogen-bond donors (Lipinski definition) is 0. The number of nitrogens with zero attached hydrogens (tertiary/aromatic N) is 1. The second kappa shape index (κ2) is 4.76. The average molecular weight is 307 g/mol. The van der Waals surface area contributed by atoms with Crippen LogP contribution in [0.25, 0.3) is 0 Å². The summed E-state index contributed by atoms with van der Waals surface area (Å²) in [5.41, 5.74) is 0.763. The molecule has 0 saturated heterocycles. The lowest BCUT2D eigenvalue weighted by Gasteiger charge is -2.13. The summed E-state index contributed by atoms with van der Waals surface area (Å²) >= 11 is 3.79. The molecule has 70 valence electrons. The van der Waals surface area contributed by atoms with Crippen LogP contribution in [0.5, 0.6) is 0 Å². The van der Waals surface area contributed by atoms with E-state index in [4.69, 9.17) is 0 Å². The Morgan fingerprint density at radius 1 is 1.85 bits per heavy atom. The van der Waals surface area contributed by atoms with E-state index in [-0.39, 0.29) is 5.91 Å². The van der Waals surface area contributed by atoms with Gasteiger partial charge in [0.2, 0.25) is 0 Å². The monoisotopic (exact) mass is 307 g/mol. The summed E-state index contributed by atoms with van der Waals surface area (Å²) < 4.78 is 1.13. The van der Waals surface area contributed by atoms with E-state index in [1.54, 1.807) is 29.4 Å². The Kier molecular flexibility index (Phi) is 3.92. The summed E-state index contributed by atoms with van der Waals surface area (Å²) in [6.07, 6.45) is 1.72. The molecule has 13 heavy (non-hydrogen) atoms. The van der Waals surface area contributed by atoms with E-state index in [0.29, 0.717) is 6.54 Å². The van der Waals surface area contributed by atoms with Gasteiger partial charge in [-0.05, 0) is 28.7 Å². The molecular weight excluding hydrogens is 297 g/mol. The Bertz CT molecular complexity index is 321. The summed E-state index contributed by atoms with van der Waals surface area (Å²) in [5.74, 6) is 0.0547. The molecule has 0 aliphatic carbocycles. The van der Waals surface area contributed by atoms with E-state index in [1.807, 2.05) is 11.4 Å². The maximum Gasteiger partial charge on any atom is 0.254 e. The predicted octanol–water partition coefficient (Wildman–Crippen LogP) is 2.61. The predicted molar refractivity (Wildman–Crippen MR) is 64.2 cm³/mol. The van der Waals surface area contributed by atoms with Gasteiger partial charge in [0.25, 0.3) is 5.91 Å². The van der Waals surface area contributed by atoms with Gasteiger partial charge >= 0.3 is 0 Å². The number of thiophene rings is 1. The second-order valence-electron chi connectivity index (χ2n) is 2.61. The van der Waals surface area contributed by atoms with E-state index >= 15 is 0 Å². The highest BCUT2D eigenvalue weighted by atomic mass is 127. The Balaban J connectivity index is 2.73. The third kappa shape index (κ3) is 2.80.